The number of allylic oxidation sites excluding steroid dienone is 1. The second-order valence-electron chi connectivity index (χ2n) is 3.25. The highest BCUT2D eigenvalue weighted by atomic mass is 16.1. The quantitative estimate of drug-likeness (QED) is 0.630. The molecular weight excluding hydrogens is 160 g/mol. The molecule has 68 valence electrons. The number of hydrogen-bond acceptors (Lipinski definition) is 1. The van der Waals surface area contributed by atoms with E-state index in [1.165, 1.54) is 11.1 Å². The lowest BCUT2D eigenvalue weighted by molar-refractivity contribution is -0.112. The van der Waals surface area contributed by atoms with Crippen LogP contribution in [0.4, 0.5) is 0 Å². The summed E-state index contributed by atoms with van der Waals surface area (Å²) in [6.07, 6.45) is 3.49. The number of carbonyl (C=O) groups excluding carboxylic acids is 1. The predicted octanol–water partition coefficient (Wildman–Crippen LogP) is 2.91. The third-order valence-corrected chi connectivity index (χ3v) is 2.03. The van der Waals surface area contributed by atoms with Crippen LogP contribution in [0.3, 0.4) is 0 Å². The average Bonchev–Trinajstić information content (AvgIpc) is 2.03. The Labute approximate surface area is 79.1 Å². The first kappa shape index (κ1) is 9.72. The van der Waals surface area contributed by atoms with Gasteiger partial charge >= 0.3 is 0 Å². The first-order valence-corrected chi connectivity index (χ1v) is 4.36. The predicted molar refractivity (Wildman–Crippen MR) is 55.6 cm³/mol. The summed E-state index contributed by atoms with van der Waals surface area (Å²) in [5.74, 6) is 0.0858. The molecule has 0 unspecified atom stereocenters. The van der Waals surface area contributed by atoms with Gasteiger partial charge < -0.3 is 0 Å². The zero-order chi connectivity index (χ0) is 9.84. The average molecular weight is 174 g/mol. The van der Waals surface area contributed by atoms with Crippen LogP contribution in [0.1, 0.15) is 23.6 Å². The van der Waals surface area contributed by atoms with E-state index in [4.69, 9.17) is 0 Å². The topological polar surface area (TPSA) is 17.1 Å². The van der Waals surface area contributed by atoms with Crippen molar-refractivity contribution < 1.29 is 4.79 Å². The van der Waals surface area contributed by atoms with Gasteiger partial charge in [0.15, 0.2) is 5.78 Å². The van der Waals surface area contributed by atoms with E-state index in [1.54, 1.807) is 13.0 Å². The van der Waals surface area contributed by atoms with Gasteiger partial charge in [0.25, 0.3) is 0 Å². The molecular formula is C12H14O. The third-order valence-electron chi connectivity index (χ3n) is 2.03. The molecule has 0 aliphatic carbocycles. The second-order valence-corrected chi connectivity index (χ2v) is 3.25. The molecule has 0 aromatic heterocycles. The fraction of sp³-hybridized carbons (Fsp3) is 0.250. The Hall–Kier alpha value is -1.37. The first-order valence-electron chi connectivity index (χ1n) is 4.36. The normalized spacial score (nSPS) is 10.7. The highest BCUT2D eigenvalue weighted by Gasteiger charge is 1.96. The van der Waals surface area contributed by atoms with Crippen LogP contribution < -0.4 is 0 Å². The molecule has 0 bridgehead atoms. The summed E-state index contributed by atoms with van der Waals surface area (Å²) >= 11 is 0. The number of aryl methyl sites for hydroxylation is 2. The van der Waals surface area contributed by atoms with E-state index >= 15 is 0 Å². The Kier molecular flexibility index (Phi) is 3.02. The zero-order valence-electron chi connectivity index (χ0n) is 8.29. The number of rotatable bonds is 2. The van der Waals surface area contributed by atoms with Gasteiger partial charge in [-0.25, -0.2) is 0 Å². The molecule has 0 saturated heterocycles. The Morgan fingerprint density at radius 2 is 1.77 bits per heavy atom. The summed E-state index contributed by atoms with van der Waals surface area (Å²) in [5.41, 5.74) is 3.56. The Balaban J connectivity index is 3.06. The van der Waals surface area contributed by atoms with Crippen LogP contribution in [0.25, 0.3) is 6.08 Å². The van der Waals surface area contributed by atoms with Crippen LogP contribution in [0.15, 0.2) is 24.3 Å². The molecule has 1 nitrogen and oxygen atoms in total. The van der Waals surface area contributed by atoms with Crippen LogP contribution >= 0.6 is 0 Å². The molecule has 13 heavy (non-hydrogen) atoms. The lowest BCUT2D eigenvalue weighted by Crippen LogP contribution is -1.87. The first-order chi connectivity index (χ1) is 6.11. The second kappa shape index (κ2) is 4.04. The Morgan fingerprint density at radius 1 is 1.23 bits per heavy atom. The fourth-order valence-electron chi connectivity index (χ4n) is 1.29. The molecule has 0 radical (unpaired) electrons. The monoisotopic (exact) mass is 174 g/mol. The molecule has 0 atom stereocenters. The minimum atomic E-state index is 0.0858. The summed E-state index contributed by atoms with van der Waals surface area (Å²) in [6.45, 7) is 5.66. The molecule has 0 saturated carbocycles. The lowest BCUT2D eigenvalue weighted by atomic mass is 10.0. The van der Waals surface area contributed by atoms with E-state index in [0.29, 0.717) is 0 Å². The molecule has 0 aliphatic rings. The van der Waals surface area contributed by atoms with Gasteiger partial charge in [0, 0.05) is 0 Å². The van der Waals surface area contributed by atoms with Crippen molar-refractivity contribution in [2.75, 3.05) is 0 Å². The van der Waals surface area contributed by atoms with Gasteiger partial charge in [0.1, 0.15) is 0 Å². The van der Waals surface area contributed by atoms with E-state index in [9.17, 15) is 4.79 Å². The van der Waals surface area contributed by atoms with Crippen molar-refractivity contribution in [3.63, 3.8) is 0 Å². The summed E-state index contributed by atoms with van der Waals surface area (Å²) in [6, 6.07) is 6.12. The van der Waals surface area contributed by atoms with Crippen molar-refractivity contribution in [3.05, 3.63) is 41.0 Å². The highest BCUT2D eigenvalue weighted by Crippen LogP contribution is 2.14. The Bertz CT molecular complexity index is 328. The number of hydrogen-bond donors (Lipinski definition) is 0. The van der Waals surface area contributed by atoms with Crippen molar-refractivity contribution in [2.45, 2.75) is 20.8 Å². The molecule has 0 aliphatic heterocycles. The van der Waals surface area contributed by atoms with Crippen LogP contribution in [0, 0.1) is 13.8 Å². The van der Waals surface area contributed by atoms with E-state index in [-0.39, 0.29) is 5.78 Å². The van der Waals surface area contributed by atoms with Crippen LogP contribution in [0.2, 0.25) is 0 Å². The van der Waals surface area contributed by atoms with Crippen LogP contribution in [0.5, 0.6) is 0 Å². The van der Waals surface area contributed by atoms with Gasteiger partial charge in [0.05, 0.1) is 0 Å². The zero-order valence-corrected chi connectivity index (χ0v) is 8.29. The number of ketones is 1. The third kappa shape index (κ3) is 2.55. The minimum absolute atomic E-state index is 0.0858. The fourth-order valence-corrected chi connectivity index (χ4v) is 1.29. The largest absolute Gasteiger partial charge is 0.295 e. The standard InChI is InChI=1S/C12H14O/c1-9-5-4-6-10(2)12(9)8-7-11(3)13/h4-8H,1-3H3. The van der Waals surface area contributed by atoms with E-state index in [2.05, 4.69) is 0 Å². The van der Waals surface area contributed by atoms with Gasteiger partial charge in [-0.3, -0.25) is 4.79 Å². The van der Waals surface area contributed by atoms with E-state index in [0.717, 1.165) is 5.56 Å². The maximum atomic E-state index is 10.8. The highest BCUT2D eigenvalue weighted by molar-refractivity contribution is 5.91. The smallest absolute Gasteiger partial charge is 0.152 e. The molecule has 0 fully saturated rings. The summed E-state index contributed by atoms with van der Waals surface area (Å²) in [4.78, 5) is 10.8. The summed E-state index contributed by atoms with van der Waals surface area (Å²) in [7, 11) is 0. The number of benzene rings is 1. The van der Waals surface area contributed by atoms with Crippen molar-refractivity contribution in [3.8, 4) is 0 Å². The minimum Gasteiger partial charge on any atom is -0.295 e. The van der Waals surface area contributed by atoms with Gasteiger partial charge in [-0.1, -0.05) is 24.3 Å². The van der Waals surface area contributed by atoms with Crippen molar-refractivity contribution in [1.82, 2.24) is 0 Å². The maximum absolute atomic E-state index is 10.8. The maximum Gasteiger partial charge on any atom is 0.152 e. The van der Waals surface area contributed by atoms with E-state index in [1.807, 2.05) is 38.1 Å². The molecule has 0 spiro atoms. The van der Waals surface area contributed by atoms with Gasteiger partial charge in [-0.05, 0) is 43.5 Å². The Morgan fingerprint density at radius 3 is 2.23 bits per heavy atom. The molecule has 1 heteroatoms. The molecule has 1 aromatic rings. The molecule has 1 aromatic carbocycles. The number of carbonyl (C=O) groups is 1. The van der Waals surface area contributed by atoms with Crippen molar-refractivity contribution in [2.24, 2.45) is 0 Å². The van der Waals surface area contributed by atoms with E-state index < -0.39 is 0 Å². The summed E-state index contributed by atoms with van der Waals surface area (Å²) in [5, 5.41) is 0. The van der Waals surface area contributed by atoms with Crippen molar-refractivity contribution in [1.29, 1.82) is 0 Å². The van der Waals surface area contributed by atoms with Gasteiger partial charge in [-0.2, -0.15) is 0 Å². The van der Waals surface area contributed by atoms with Crippen LogP contribution in [-0.2, 0) is 4.79 Å². The molecule has 0 heterocycles. The SMILES string of the molecule is CC(=O)C=Cc1c(C)cccc1C. The lowest BCUT2D eigenvalue weighted by Gasteiger charge is -2.03. The summed E-state index contributed by atoms with van der Waals surface area (Å²) < 4.78 is 0. The van der Waals surface area contributed by atoms with Crippen LogP contribution in [-0.4, -0.2) is 5.78 Å². The molecule has 0 N–H and O–H groups in total. The van der Waals surface area contributed by atoms with Gasteiger partial charge in [0.2, 0.25) is 0 Å². The van der Waals surface area contributed by atoms with Crippen molar-refractivity contribution >= 4 is 11.9 Å². The van der Waals surface area contributed by atoms with Gasteiger partial charge in [-0.15, -0.1) is 0 Å². The molecule has 1 rings (SSSR count). The molecule has 0 amide bonds.